The van der Waals surface area contributed by atoms with Crippen molar-refractivity contribution >= 4 is 23.7 Å². The van der Waals surface area contributed by atoms with Gasteiger partial charge < -0.3 is 10.2 Å². The Hall–Kier alpha value is -0.710. The summed E-state index contributed by atoms with van der Waals surface area (Å²) in [5.41, 5.74) is 0. The van der Waals surface area contributed by atoms with Crippen molar-refractivity contribution in [3.8, 4) is 0 Å². The molecule has 0 spiro atoms. The summed E-state index contributed by atoms with van der Waals surface area (Å²) >= 11 is 1.10. The zero-order valence-electron chi connectivity index (χ0n) is 5.90. The lowest BCUT2D eigenvalue weighted by Crippen LogP contribution is -2.23. The first-order valence-electron chi connectivity index (χ1n) is 3.06. The first-order valence-corrected chi connectivity index (χ1v) is 4.28. The van der Waals surface area contributed by atoms with Crippen LogP contribution in [0.1, 0.15) is 6.42 Å². The minimum atomic E-state index is -1.04. The molecule has 0 aromatic rings. The Morgan fingerprint density at radius 2 is 2.09 bits per heavy atom. The predicted molar refractivity (Wildman–Crippen MR) is 39.6 cm³/mol. The summed E-state index contributed by atoms with van der Waals surface area (Å²) < 4.78 is -1.04. The number of carboxylic acids is 2. The first-order chi connectivity index (χ1) is 5.04. The van der Waals surface area contributed by atoms with E-state index in [1.165, 1.54) is 0 Å². The molecule has 0 bridgehead atoms. The maximum absolute atomic E-state index is 10.5. The van der Waals surface area contributed by atoms with Crippen molar-refractivity contribution in [2.75, 3.05) is 6.26 Å². The first kappa shape index (κ1) is 8.39. The Morgan fingerprint density at radius 1 is 1.55 bits per heavy atom. The number of aliphatic carboxylic acids is 2. The molecule has 1 aliphatic rings. The number of carboxylic acid groups (broad SMARTS) is 2. The molecule has 0 aliphatic heterocycles. The van der Waals surface area contributed by atoms with Crippen LogP contribution in [0.15, 0.2) is 0 Å². The molecule has 2 N–H and O–H groups in total. The van der Waals surface area contributed by atoms with E-state index in [9.17, 15) is 9.59 Å². The van der Waals surface area contributed by atoms with Gasteiger partial charge in [-0.1, -0.05) is 0 Å². The third-order valence-corrected chi connectivity index (χ3v) is 3.29. The molecule has 1 aliphatic carbocycles. The summed E-state index contributed by atoms with van der Waals surface area (Å²) in [6.07, 6.45) is 1.87. The number of hydrogen-bond acceptors (Lipinski definition) is 3. The maximum atomic E-state index is 10.5. The van der Waals surface area contributed by atoms with Crippen LogP contribution in [-0.2, 0) is 9.59 Å². The molecule has 0 saturated heterocycles. The van der Waals surface area contributed by atoms with Gasteiger partial charge in [0.25, 0.3) is 0 Å². The van der Waals surface area contributed by atoms with Crippen molar-refractivity contribution in [3.63, 3.8) is 0 Å². The third-order valence-electron chi connectivity index (χ3n) is 1.93. The maximum Gasteiger partial charge on any atom is 0.320 e. The topological polar surface area (TPSA) is 74.6 Å². The monoisotopic (exact) mass is 176 g/mol. The molecule has 4 nitrogen and oxygen atoms in total. The summed E-state index contributed by atoms with van der Waals surface area (Å²) in [6, 6.07) is 0. The van der Waals surface area contributed by atoms with Gasteiger partial charge in [-0.3, -0.25) is 9.59 Å². The molecule has 0 unspecified atom stereocenters. The van der Waals surface area contributed by atoms with E-state index in [0.717, 1.165) is 11.8 Å². The van der Waals surface area contributed by atoms with Gasteiger partial charge in [0.2, 0.25) is 0 Å². The molecule has 5 heteroatoms. The van der Waals surface area contributed by atoms with Gasteiger partial charge in [-0.05, 0) is 12.7 Å². The van der Waals surface area contributed by atoms with Gasteiger partial charge in [-0.2, -0.15) is 0 Å². The minimum absolute atomic E-state index is 0.249. The van der Waals surface area contributed by atoms with Crippen molar-refractivity contribution in [1.82, 2.24) is 0 Å². The summed E-state index contributed by atoms with van der Waals surface area (Å²) in [4.78, 5) is 20.9. The Bertz CT molecular complexity index is 215. The van der Waals surface area contributed by atoms with Crippen LogP contribution in [-0.4, -0.2) is 33.2 Å². The standard InChI is InChI=1S/C6H8O4S/c1-11-6(5(9)10)2-3(6)4(7)8/h3H,2H2,1H3,(H,7,8)(H,9,10)/t3-,6-/m0/s1. The van der Waals surface area contributed by atoms with E-state index in [4.69, 9.17) is 10.2 Å². The molecule has 0 aromatic heterocycles. The average Bonchev–Trinajstić information content (AvgIpc) is 2.62. The Morgan fingerprint density at radius 3 is 2.18 bits per heavy atom. The van der Waals surface area contributed by atoms with Crippen LogP contribution in [0, 0.1) is 5.92 Å². The molecule has 0 aromatic carbocycles. The van der Waals surface area contributed by atoms with Crippen LogP contribution >= 0.6 is 11.8 Å². The van der Waals surface area contributed by atoms with E-state index in [1.54, 1.807) is 6.26 Å². The number of hydrogen-bond donors (Lipinski definition) is 2. The molecule has 1 rings (SSSR count). The van der Waals surface area contributed by atoms with E-state index in [2.05, 4.69) is 0 Å². The van der Waals surface area contributed by atoms with Gasteiger partial charge in [0.05, 0.1) is 5.92 Å². The van der Waals surface area contributed by atoms with Crippen molar-refractivity contribution in [2.24, 2.45) is 5.92 Å². The van der Waals surface area contributed by atoms with Crippen LogP contribution in [0.25, 0.3) is 0 Å². The van der Waals surface area contributed by atoms with Crippen LogP contribution < -0.4 is 0 Å². The van der Waals surface area contributed by atoms with Crippen molar-refractivity contribution < 1.29 is 19.8 Å². The highest BCUT2D eigenvalue weighted by Crippen LogP contribution is 2.53. The molecule has 2 atom stereocenters. The average molecular weight is 176 g/mol. The molecule has 0 radical (unpaired) electrons. The fourth-order valence-corrected chi connectivity index (χ4v) is 1.97. The highest BCUT2D eigenvalue weighted by molar-refractivity contribution is 8.01. The minimum Gasteiger partial charge on any atom is -0.481 e. The second-order valence-electron chi connectivity index (χ2n) is 2.49. The van der Waals surface area contributed by atoms with E-state index in [1.807, 2.05) is 0 Å². The van der Waals surface area contributed by atoms with Crippen LogP contribution in [0.4, 0.5) is 0 Å². The highest BCUT2D eigenvalue weighted by atomic mass is 32.2. The highest BCUT2D eigenvalue weighted by Gasteiger charge is 2.64. The van der Waals surface area contributed by atoms with Crippen molar-refractivity contribution in [2.45, 2.75) is 11.2 Å². The molecular formula is C6H8O4S. The van der Waals surface area contributed by atoms with Gasteiger partial charge in [0, 0.05) is 0 Å². The molecule has 0 amide bonds. The quantitative estimate of drug-likeness (QED) is 0.646. The summed E-state index contributed by atoms with van der Waals surface area (Å²) in [6.45, 7) is 0. The van der Waals surface area contributed by atoms with E-state index >= 15 is 0 Å². The lowest BCUT2D eigenvalue weighted by Gasteiger charge is -2.04. The Kier molecular flexibility index (Phi) is 1.83. The SMILES string of the molecule is CS[C@@]1(C(=O)O)C[C@H]1C(=O)O. The van der Waals surface area contributed by atoms with Crippen LogP contribution in [0.5, 0.6) is 0 Å². The van der Waals surface area contributed by atoms with Crippen molar-refractivity contribution in [1.29, 1.82) is 0 Å². The molecule has 1 saturated carbocycles. The molecule has 0 heterocycles. The third kappa shape index (κ3) is 1.09. The smallest absolute Gasteiger partial charge is 0.320 e. The lowest BCUT2D eigenvalue weighted by molar-refractivity contribution is -0.143. The zero-order valence-corrected chi connectivity index (χ0v) is 6.72. The normalized spacial score (nSPS) is 34.8. The van der Waals surface area contributed by atoms with E-state index < -0.39 is 22.6 Å². The Balaban J connectivity index is 2.71. The second-order valence-corrected chi connectivity index (χ2v) is 3.63. The van der Waals surface area contributed by atoms with Gasteiger partial charge >= 0.3 is 11.9 Å². The van der Waals surface area contributed by atoms with Gasteiger partial charge in [0.1, 0.15) is 4.75 Å². The van der Waals surface area contributed by atoms with Gasteiger partial charge in [-0.25, -0.2) is 0 Å². The summed E-state index contributed by atoms with van der Waals surface area (Å²) in [5, 5.41) is 17.1. The van der Waals surface area contributed by atoms with E-state index in [-0.39, 0.29) is 6.42 Å². The predicted octanol–water partition coefficient (Wildman–Crippen LogP) is 0.277. The fourth-order valence-electron chi connectivity index (χ4n) is 1.08. The molecule has 1 fully saturated rings. The van der Waals surface area contributed by atoms with Crippen LogP contribution in [0.3, 0.4) is 0 Å². The molecular weight excluding hydrogens is 168 g/mol. The van der Waals surface area contributed by atoms with E-state index in [0.29, 0.717) is 0 Å². The zero-order chi connectivity index (χ0) is 8.65. The van der Waals surface area contributed by atoms with Crippen molar-refractivity contribution in [3.05, 3.63) is 0 Å². The number of rotatable bonds is 3. The largest absolute Gasteiger partial charge is 0.481 e. The second kappa shape index (κ2) is 2.41. The van der Waals surface area contributed by atoms with Crippen LogP contribution in [0.2, 0.25) is 0 Å². The number of thioether (sulfide) groups is 1. The van der Waals surface area contributed by atoms with Gasteiger partial charge in [-0.15, -0.1) is 11.8 Å². The summed E-state index contributed by atoms with van der Waals surface area (Å²) in [5.74, 6) is -2.73. The summed E-state index contributed by atoms with van der Waals surface area (Å²) in [7, 11) is 0. The van der Waals surface area contributed by atoms with Gasteiger partial charge in [0.15, 0.2) is 0 Å². The molecule has 11 heavy (non-hydrogen) atoms. The Labute approximate surface area is 67.6 Å². The fraction of sp³-hybridized carbons (Fsp3) is 0.667. The number of carbonyl (C=O) groups is 2. The lowest BCUT2D eigenvalue weighted by atomic mass is 10.3. The molecule has 62 valence electrons.